The lowest BCUT2D eigenvalue weighted by Gasteiger charge is -2.42. The maximum absolute atomic E-state index is 12.5. The van der Waals surface area contributed by atoms with E-state index in [1.54, 1.807) is 13.8 Å². The van der Waals surface area contributed by atoms with Gasteiger partial charge in [0.05, 0.1) is 24.4 Å². The fraction of sp³-hybridized carbons (Fsp3) is 0.952. The number of ether oxygens (including phenoxy) is 2. The van der Waals surface area contributed by atoms with E-state index in [1.165, 1.54) is 6.92 Å². The maximum atomic E-state index is 12.5. The molecule has 10 nitrogen and oxygen atoms in total. The fourth-order valence-electron chi connectivity index (χ4n) is 5.39. The van der Waals surface area contributed by atoms with Crippen LogP contribution >= 0.6 is 0 Å². The molecule has 3 rings (SSSR count). The van der Waals surface area contributed by atoms with Crippen LogP contribution in [0.1, 0.15) is 46.5 Å². The molecule has 31 heavy (non-hydrogen) atoms. The van der Waals surface area contributed by atoms with Gasteiger partial charge in [0.2, 0.25) is 0 Å². The first kappa shape index (κ1) is 24.9. The Balaban J connectivity index is 1.81. The van der Waals surface area contributed by atoms with E-state index < -0.39 is 66.0 Å². The van der Waals surface area contributed by atoms with E-state index in [4.69, 9.17) is 9.47 Å². The summed E-state index contributed by atoms with van der Waals surface area (Å²) >= 11 is 0. The summed E-state index contributed by atoms with van der Waals surface area (Å²) in [5, 5.41) is 72.4. The van der Waals surface area contributed by atoms with Crippen molar-refractivity contribution in [3.8, 4) is 0 Å². The lowest BCUT2D eigenvalue weighted by molar-refractivity contribution is -0.311. The van der Waals surface area contributed by atoms with Crippen molar-refractivity contribution in [3.63, 3.8) is 0 Å². The van der Waals surface area contributed by atoms with Gasteiger partial charge >= 0.3 is 0 Å². The highest BCUT2D eigenvalue weighted by atomic mass is 16.7. The quantitative estimate of drug-likeness (QED) is 0.250. The van der Waals surface area contributed by atoms with Gasteiger partial charge in [-0.25, -0.2) is 0 Å². The number of ketones is 1. The first-order chi connectivity index (χ1) is 14.2. The van der Waals surface area contributed by atoms with E-state index in [9.17, 15) is 40.5 Å². The van der Waals surface area contributed by atoms with Crippen LogP contribution in [0.2, 0.25) is 0 Å². The molecule has 7 N–H and O–H groups in total. The summed E-state index contributed by atoms with van der Waals surface area (Å²) in [6, 6.07) is 0. The van der Waals surface area contributed by atoms with E-state index in [0.717, 1.165) is 0 Å². The zero-order valence-electron chi connectivity index (χ0n) is 18.2. The number of aliphatic hydroxyl groups excluding tert-OH is 4. The molecule has 10 unspecified atom stereocenters. The number of aliphatic hydroxyl groups is 7. The van der Waals surface area contributed by atoms with Crippen LogP contribution in [0, 0.1) is 17.8 Å². The Morgan fingerprint density at radius 1 is 1.13 bits per heavy atom. The largest absolute Gasteiger partial charge is 0.394 e. The highest BCUT2D eigenvalue weighted by Gasteiger charge is 2.60. The lowest BCUT2D eigenvalue weighted by atomic mass is 9.74. The van der Waals surface area contributed by atoms with Crippen LogP contribution in [0.15, 0.2) is 0 Å². The molecular formula is C21H36O10. The third-order valence-electron chi connectivity index (χ3n) is 7.68. The Morgan fingerprint density at radius 3 is 2.35 bits per heavy atom. The predicted molar refractivity (Wildman–Crippen MR) is 106 cm³/mol. The Hall–Kier alpha value is -0.690. The summed E-state index contributed by atoms with van der Waals surface area (Å²) in [5.41, 5.74) is -4.27. The maximum Gasteiger partial charge on any atom is 0.186 e. The van der Waals surface area contributed by atoms with Gasteiger partial charge in [0.15, 0.2) is 12.1 Å². The normalized spacial score (nSPS) is 49.0. The Morgan fingerprint density at radius 2 is 1.77 bits per heavy atom. The second-order valence-electron chi connectivity index (χ2n) is 10.2. The van der Waals surface area contributed by atoms with Gasteiger partial charge in [-0.1, -0.05) is 0 Å². The number of rotatable bonds is 5. The van der Waals surface area contributed by atoms with Crippen molar-refractivity contribution in [2.45, 2.75) is 94.0 Å². The molecule has 0 amide bonds. The number of Topliss-reactive ketones (excluding diaryl/α,β-unsaturated/α-hetero) is 1. The summed E-state index contributed by atoms with van der Waals surface area (Å²) in [5.74, 6) is -1.88. The van der Waals surface area contributed by atoms with E-state index >= 15 is 0 Å². The molecule has 3 aliphatic rings. The molecule has 0 bridgehead atoms. The molecule has 10 heteroatoms. The summed E-state index contributed by atoms with van der Waals surface area (Å²) in [4.78, 5) is 12.5. The zero-order valence-corrected chi connectivity index (χ0v) is 18.2. The second-order valence-corrected chi connectivity index (χ2v) is 10.2. The SMILES string of the molecule is CC(C)(O)C1CCC(O)(COC2OC(CO)C(O)C(O)C2O)C2CC(=O)C(C)(O)C2C1. The van der Waals surface area contributed by atoms with Gasteiger partial charge in [-0.3, -0.25) is 4.79 Å². The van der Waals surface area contributed by atoms with Crippen molar-refractivity contribution in [1.29, 1.82) is 0 Å². The number of carbonyl (C=O) groups is 1. The predicted octanol–water partition coefficient (Wildman–Crippen LogP) is -1.94. The van der Waals surface area contributed by atoms with Crippen molar-refractivity contribution < 1.29 is 50.0 Å². The molecule has 3 fully saturated rings. The molecule has 1 saturated heterocycles. The van der Waals surface area contributed by atoms with Gasteiger partial charge in [-0.05, 0) is 46.0 Å². The topological polar surface area (TPSA) is 177 Å². The molecule has 0 aromatic carbocycles. The minimum absolute atomic E-state index is 0.0508. The van der Waals surface area contributed by atoms with Crippen LogP contribution in [0.25, 0.3) is 0 Å². The zero-order chi connectivity index (χ0) is 23.4. The smallest absolute Gasteiger partial charge is 0.186 e. The van der Waals surface area contributed by atoms with Crippen LogP contribution in [-0.4, -0.2) is 102 Å². The van der Waals surface area contributed by atoms with Gasteiger partial charge in [-0.15, -0.1) is 0 Å². The summed E-state index contributed by atoms with van der Waals surface area (Å²) < 4.78 is 11.0. The first-order valence-electron chi connectivity index (χ1n) is 10.8. The number of hydrogen-bond donors (Lipinski definition) is 7. The van der Waals surface area contributed by atoms with E-state index in [0.29, 0.717) is 12.8 Å². The van der Waals surface area contributed by atoms with Crippen molar-refractivity contribution in [3.05, 3.63) is 0 Å². The average molecular weight is 449 g/mol. The molecule has 1 aliphatic heterocycles. The van der Waals surface area contributed by atoms with Crippen LogP contribution in [0.4, 0.5) is 0 Å². The van der Waals surface area contributed by atoms with Crippen molar-refractivity contribution in [1.82, 2.24) is 0 Å². The monoisotopic (exact) mass is 448 g/mol. The minimum Gasteiger partial charge on any atom is -0.394 e. The van der Waals surface area contributed by atoms with Gasteiger partial charge in [-0.2, -0.15) is 0 Å². The fourth-order valence-corrected chi connectivity index (χ4v) is 5.39. The number of carbonyl (C=O) groups excluding carboxylic acids is 1. The van der Waals surface area contributed by atoms with Crippen LogP contribution < -0.4 is 0 Å². The standard InChI is InChI=1S/C21H36O10/c1-19(2,27)10-4-5-21(29,12-7-14(23)20(3,28)11(12)6-10)9-30-18-17(26)16(25)15(24)13(8-22)31-18/h10-13,15-18,22,24-29H,4-9H2,1-3H3. The third-order valence-corrected chi connectivity index (χ3v) is 7.68. The van der Waals surface area contributed by atoms with Crippen molar-refractivity contribution in [2.75, 3.05) is 13.2 Å². The molecule has 10 atom stereocenters. The number of fused-ring (bicyclic) bond motifs is 1. The van der Waals surface area contributed by atoms with Gasteiger partial charge in [0, 0.05) is 18.3 Å². The van der Waals surface area contributed by atoms with Gasteiger partial charge in [0.25, 0.3) is 0 Å². The molecule has 0 aromatic rings. The summed E-state index contributed by atoms with van der Waals surface area (Å²) in [6.45, 7) is 3.79. The summed E-state index contributed by atoms with van der Waals surface area (Å²) in [7, 11) is 0. The molecular weight excluding hydrogens is 412 g/mol. The van der Waals surface area contributed by atoms with Crippen LogP contribution in [-0.2, 0) is 14.3 Å². The molecule has 2 aliphatic carbocycles. The third kappa shape index (κ3) is 4.55. The first-order valence-corrected chi connectivity index (χ1v) is 10.8. The van der Waals surface area contributed by atoms with E-state index in [1.807, 2.05) is 0 Å². The van der Waals surface area contributed by atoms with Crippen LogP contribution in [0.5, 0.6) is 0 Å². The minimum atomic E-state index is -1.64. The Bertz CT molecular complexity index is 659. The van der Waals surface area contributed by atoms with Crippen molar-refractivity contribution >= 4 is 5.78 Å². The lowest BCUT2D eigenvalue weighted by Crippen LogP contribution is -2.60. The molecule has 0 radical (unpaired) electrons. The molecule has 180 valence electrons. The Labute approximate surface area is 181 Å². The Kier molecular flexibility index (Phi) is 6.91. The number of hydrogen-bond acceptors (Lipinski definition) is 10. The molecule has 1 heterocycles. The van der Waals surface area contributed by atoms with Crippen molar-refractivity contribution in [2.24, 2.45) is 17.8 Å². The highest BCUT2D eigenvalue weighted by Crippen LogP contribution is 2.52. The molecule has 2 saturated carbocycles. The van der Waals surface area contributed by atoms with E-state index in [-0.39, 0.29) is 31.1 Å². The average Bonchev–Trinajstić information content (AvgIpc) is 2.81. The molecule has 0 aromatic heterocycles. The molecule has 0 spiro atoms. The van der Waals surface area contributed by atoms with E-state index in [2.05, 4.69) is 0 Å². The van der Waals surface area contributed by atoms with Gasteiger partial charge < -0.3 is 45.2 Å². The second kappa shape index (κ2) is 8.58. The van der Waals surface area contributed by atoms with Gasteiger partial charge in [0.1, 0.15) is 30.0 Å². The summed E-state index contributed by atoms with van der Waals surface area (Å²) in [6.07, 6.45) is -6.39. The van der Waals surface area contributed by atoms with Crippen LogP contribution in [0.3, 0.4) is 0 Å². The highest BCUT2D eigenvalue weighted by molar-refractivity contribution is 5.89.